The Bertz CT molecular complexity index is 330. The fourth-order valence-electron chi connectivity index (χ4n) is 1.11. The highest BCUT2D eigenvalue weighted by molar-refractivity contribution is 6.29. The van der Waals surface area contributed by atoms with Crippen molar-refractivity contribution < 1.29 is 8.78 Å². The zero-order chi connectivity index (χ0) is 10.6. The quantitative estimate of drug-likeness (QED) is 0.828. The number of hydrogen-bond acceptors (Lipinski definition) is 1. The van der Waals surface area contributed by atoms with E-state index in [1.165, 1.54) is 12.1 Å². The molecule has 0 aliphatic rings. The number of rotatable bonds is 3. The van der Waals surface area contributed by atoms with Crippen LogP contribution >= 0.6 is 11.6 Å². The molecule has 1 aromatic rings. The molecule has 0 fully saturated rings. The SMILES string of the molecule is NC/C=C(\Cl)Cc1cc(F)cc(F)c1. The van der Waals surface area contributed by atoms with Gasteiger partial charge in [0.15, 0.2) is 0 Å². The Labute approximate surface area is 86.2 Å². The molecule has 4 heteroatoms. The maximum Gasteiger partial charge on any atom is 0.126 e. The first kappa shape index (κ1) is 11.1. The van der Waals surface area contributed by atoms with Gasteiger partial charge in [0.1, 0.15) is 11.6 Å². The number of nitrogens with two attached hydrogens (primary N) is 1. The van der Waals surface area contributed by atoms with E-state index in [1.54, 1.807) is 6.08 Å². The average Bonchev–Trinajstić information content (AvgIpc) is 2.01. The van der Waals surface area contributed by atoms with Crippen LogP contribution in [0.4, 0.5) is 8.78 Å². The van der Waals surface area contributed by atoms with Gasteiger partial charge in [0, 0.05) is 24.1 Å². The van der Waals surface area contributed by atoms with Crippen molar-refractivity contribution in [3.05, 3.63) is 46.5 Å². The lowest BCUT2D eigenvalue weighted by atomic mass is 10.1. The molecule has 0 saturated heterocycles. The van der Waals surface area contributed by atoms with E-state index in [2.05, 4.69) is 0 Å². The minimum atomic E-state index is -0.600. The van der Waals surface area contributed by atoms with E-state index in [4.69, 9.17) is 17.3 Å². The number of hydrogen-bond donors (Lipinski definition) is 1. The predicted octanol–water partition coefficient (Wildman–Crippen LogP) is 2.59. The molecule has 0 aliphatic carbocycles. The van der Waals surface area contributed by atoms with E-state index < -0.39 is 11.6 Å². The van der Waals surface area contributed by atoms with Crippen LogP contribution in [-0.2, 0) is 6.42 Å². The van der Waals surface area contributed by atoms with E-state index in [1.807, 2.05) is 0 Å². The third-order valence-corrected chi connectivity index (χ3v) is 1.92. The van der Waals surface area contributed by atoms with Crippen molar-refractivity contribution in [1.82, 2.24) is 0 Å². The van der Waals surface area contributed by atoms with Gasteiger partial charge in [-0.05, 0) is 17.7 Å². The summed E-state index contributed by atoms with van der Waals surface area (Å²) in [5, 5.41) is 0.484. The van der Waals surface area contributed by atoms with Crippen LogP contribution in [0.3, 0.4) is 0 Å². The van der Waals surface area contributed by atoms with E-state index >= 15 is 0 Å². The maximum absolute atomic E-state index is 12.7. The summed E-state index contributed by atoms with van der Waals surface area (Å²) in [5.41, 5.74) is 5.73. The van der Waals surface area contributed by atoms with Gasteiger partial charge < -0.3 is 5.73 Å². The first-order valence-electron chi connectivity index (χ1n) is 4.11. The second-order valence-corrected chi connectivity index (χ2v) is 3.33. The fraction of sp³-hybridized carbons (Fsp3) is 0.200. The van der Waals surface area contributed by atoms with Crippen LogP contribution in [0.1, 0.15) is 5.56 Å². The summed E-state index contributed by atoms with van der Waals surface area (Å²) in [6, 6.07) is 3.32. The van der Waals surface area contributed by atoms with Crippen LogP contribution in [0.15, 0.2) is 29.3 Å². The van der Waals surface area contributed by atoms with Crippen LogP contribution in [0.5, 0.6) is 0 Å². The molecule has 0 aromatic heterocycles. The molecule has 0 atom stereocenters. The third kappa shape index (κ3) is 3.44. The van der Waals surface area contributed by atoms with Crippen molar-refractivity contribution in [2.75, 3.05) is 6.54 Å². The Hall–Kier alpha value is -0.930. The lowest BCUT2D eigenvalue weighted by molar-refractivity contribution is 0.580. The van der Waals surface area contributed by atoms with Gasteiger partial charge in [-0.3, -0.25) is 0 Å². The average molecular weight is 218 g/mol. The van der Waals surface area contributed by atoms with Crippen molar-refractivity contribution in [3.8, 4) is 0 Å². The van der Waals surface area contributed by atoms with Crippen molar-refractivity contribution in [1.29, 1.82) is 0 Å². The summed E-state index contributed by atoms with van der Waals surface area (Å²) in [4.78, 5) is 0. The third-order valence-electron chi connectivity index (χ3n) is 1.63. The van der Waals surface area contributed by atoms with Crippen LogP contribution in [0.25, 0.3) is 0 Å². The molecule has 1 nitrogen and oxygen atoms in total. The van der Waals surface area contributed by atoms with E-state index in [-0.39, 0.29) is 0 Å². The van der Waals surface area contributed by atoms with E-state index in [0.29, 0.717) is 23.6 Å². The molecule has 0 spiro atoms. The second kappa shape index (κ2) is 5.08. The van der Waals surface area contributed by atoms with Crippen LogP contribution in [-0.4, -0.2) is 6.54 Å². The lowest BCUT2D eigenvalue weighted by Gasteiger charge is -2.00. The molecule has 14 heavy (non-hydrogen) atoms. The first-order valence-corrected chi connectivity index (χ1v) is 4.49. The monoisotopic (exact) mass is 217 g/mol. The topological polar surface area (TPSA) is 26.0 Å². The zero-order valence-electron chi connectivity index (χ0n) is 7.43. The van der Waals surface area contributed by atoms with E-state index in [9.17, 15) is 8.78 Å². The molecule has 0 amide bonds. The van der Waals surface area contributed by atoms with Crippen molar-refractivity contribution in [3.63, 3.8) is 0 Å². The van der Waals surface area contributed by atoms with Crippen LogP contribution < -0.4 is 5.73 Å². The lowest BCUT2D eigenvalue weighted by Crippen LogP contribution is -1.96. The summed E-state index contributed by atoms with van der Waals surface area (Å²) < 4.78 is 25.5. The molecule has 1 aromatic carbocycles. The molecule has 0 bridgehead atoms. The molecule has 76 valence electrons. The Kier molecular flexibility index (Phi) is 4.04. The first-order chi connectivity index (χ1) is 6.61. The zero-order valence-corrected chi connectivity index (χ0v) is 8.19. The molecule has 0 radical (unpaired) electrons. The van der Waals surface area contributed by atoms with Gasteiger partial charge >= 0.3 is 0 Å². The fourth-order valence-corrected chi connectivity index (χ4v) is 1.35. The summed E-state index contributed by atoms with van der Waals surface area (Å²) >= 11 is 5.76. The minimum Gasteiger partial charge on any atom is -0.327 e. The summed E-state index contributed by atoms with van der Waals surface area (Å²) in [7, 11) is 0. The highest BCUT2D eigenvalue weighted by Gasteiger charge is 2.01. The number of benzene rings is 1. The van der Waals surface area contributed by atoms with Crippen molar-refractivity contribution in [2.45, 2.75) is 6.42 Å². The predicted molar refractivity (Wildman–Crippen MR) is 53.1 cm³/mol. The highest BCUT2D eigenvalue weighted by atomic mass is 35.5. The van der Waals surface area contributed by atoms with Crippen LogP contribution in [0, 0.1) is 11.6 Å². The Balaban J connectivity index is 2.81. The second-order valence-electron chi connectivity index (χ2n) is 2.84. The molecular weight excluding hydrogens is 208 g/mol. The highest BCUT2D eigenvalue weighted by Crippen LogP contribution is 2.14. The standard InChI is InChI=1S/C10H10ClF2N/c11-8(1-2-14)3-7-4-9(12)6-10(13)5-7/h1,4-6H,2-3,14H2/b8-1-. The van der Waals surface area contributed by atoms with Crippen molar-refractivity contribution >= 4 is 11.6 Å². The van der Waals surface area contributed by atoms with Gasteiger partial charge in [0.2, 0.25) is 0 Å². The molecule has 2 N–H and O–H groups in total. The molecule has 0 aliphatic heterocycles. The van der Waals surface area contributed by atoms with Crippen LogP contribution in [0.2, 0.25) is 0 Å². The molecule has 1 rings (SSSR count). The smallest absolute Gasteiger partial charge is 0.126 e. The van der Waals surface area contributed by atoms with Gasteiger partial charge in [0.05, 0.1) is 0 Å². The normalized spacial score (nSPS) is 11.9. The maximum atomic E-state index is 12.7. The summed E-state index contributed by atoms with van der Waals surface area (Å²) in [5.74, 6) is -1.20. The van der Waals surface area contributed by atoms with Gasteiger partial charge in [0.25, 0.3) is 0 Å². The number of halogens is 3. The van der Waals surface area contributed by atoms with Gasteiger partial charge in [-0.15, -0.1) is 0 Å². The van der Waals surface area contributed by atoms with Crippen molar-refractivity contribution in [2.24, 2.45) is 5.73 Å². The Morgan fingerprint density at radius 2 is 1.86 bits per heavy atom. The largest absolute Gasteiger partial charge is 0.327 e. The minimum absolute atomic E-state index is 0.299. The summed E-state index contributed by atoms with van der Waals surface area (Å²) in [6.07, 6.45) is 1.90. The molecule has 0 saturated carbocycles. The molecule has 0 unspecified atom stereocenters. The summed E-state index contributed by atoms with van der Waals surface area (Å²) in [6.45, 7) is 0.316. The van der Waals surface area contributed by atoms with E-state index in [0.717, 1.165) is 6.07 Å². The Morgan fingerprint density at radius 3 is 2.36 bits per heavy atom. The molecule has 0 heterocycles. The van der Waals surface area contributed by atoms with Gasteiger partial charge in [-0.2, -0.15) is 0 Å². The Morgan fingerprint density at radius 1 is 1.29 bits per heavy atom. The molecular formula is C10H10ClF2N. The van der Waals surface area contributed by atoms with Gasteiger partial charge in [-0.1, -0.05) is 17.7 Å². The number of allylic oxidation sites excluding steroid dienone is 1. The van der Waals surface area contributed by atoms with Gasteiger partial charge in [-0.25, -0.2) is 8.78 Å².